The van der Waals surface area contributed by atoms with Crippen LogP contribution in [-0.2, 0) is 0 Å². The zero-order valence-electron chi connectivity index (χ0n) is 20.6. The molecule has 5 N–H and O–H groups in total. The zero-order chi connectivity index (χ0) is 26.7. The number of nitrogens with one attached hydrogen (secondary N) is 3. The van der Waals surface area contributed by atoms with Crippen LogP contribution in [0, 0.1) is 13.8 Å². The third-order valence-corrected chi connectivity index (χ3v) is 6.97. The summed E-state index contributed by atoms with van der Waals surface area (Å²) < 4.78 is 5.63. The molecule has 2 heterocycles. The third kappa shape index (κ3) is 5.50. The van der Waals surface area contributed by atoms with Gasteiger partial charge in [0.2, 0.25) is 5.95 Å². The van der Waals surface area contributed by atoms with Crippen LogP contribution in [0.5, 0.6) is 5.75 Å². The molecule has 0 aliphatic rings. The summed E-state index contributed by atoms with van der Waals surface area (Å²) in [5, 5.41) is 11.6. The van der Waals surface area contributed by atoms with Crippen LogP contribution in [0.1, 0.15) is 31.8 Å². The van der Waals surface area contributed by atoms with Crippen LogP contribution in [0.25, 0.3) is 11.1 Å². The summed E-state index contributed by atoms with van der Waals surface area (Å²) in [7, 11) is 3.18. The first-order chi connectivity index (χ1) is 17.7. The second-order valence-electron chi connectivity index (χ2n) is 8.15. The number of benzene rings is 2. The van der Waals surface area contributed by atoms with Gasteiger partial charge in [0.25, 0.3) is 11.8 Å². The molecular formula is C26H25ClN6O3S. The molecule has 4 rings (SSSR count). The fourth-order valence-electron chi connectivity index (χ4n) is 3.80. The van der Waals surface area contributed by atoms with Crippen LogP contribution in [-0.4, -0.2) is 35.9 Å². The number of methoxy groups -OCH3 is 1. The maximum atomic E-state index is 11.9. The molecule has 4 aromatic rings. The number of halogens is 1. The number of hydrogen-bond donors (Lipinski definition) is 4. The number of primary amides is 1. The van der Waals surface area contributed by atoms with Gasteiger partial charge < -0.3 is 26.4 Å². The number of nitrogens with zero attached hydrogens (tertiary/aromatic N) is 2. The Morgan fingerprint density at radius 1 is 1.08 bits per heavy atom. The maximum absolute atomic E-state index is 11.9. The lowest BCUT2D eigenvalue weighted by molar-refractivity contribution is 0.0961. The van der Waals surface area contributed by atoms with E-state index in [1.807, 2.05) is 43.5 Å². The van der Waals surface area contributed by atoms with Crippen molar-refractivity contribution in [2.75, 3.05) is 24.8 Å². The van der Waals surface area contributed by atoms with Crippen LogP contribution >= 0.6 is 22.9 Å². The zero-order valence-corrected chi connectivity index (χ0v) is 22.2. The Hall–Kier alpha value is -4.15. The van der Waals surface area contributed by atoms with Gasteiger partial charge in [0, 0.05) is 12.6 Å². The summed E-state index contributed by atoms with van der Waals surface area (Å²) >= 11 is 7.66. The van der Waals surface area contributed by atoms with Crippen molar-refractivity contribution in [2.45, 2.75) is 13.8 Å². The van der Waals surface area contributed by atoms with Crippen LogP contribution in [0.3, 0.4) is 0 Å². The van der Waals surface area contributed by atoms with E-state index >= 15 is 0 Å². The summed E-state index contributed by atoms with van der Waals surface area (Å²) in [5.41, 5.74) is 10.8. The fraction of sp³-hybridized carbons (Fsp3) is 0.154. The van der Waals surface area contributed by atoms with Gasteiger partial charge in [-0.15, -0.1) is 11.3 Å². The second-order valence-corrected chi connectivity index (χ2v) is 9.44. The van der Waals surface area contributed by atoms with Gasteiger partial charge in [-0.3, -0.25) is 9.59 Å². The second kappa shape index (κ2) is 10.9. The van der Waals surface area contributed by atoms with Crippen LogP contribution in [0.2, 0.25) is 5.02 Å². The number of rotatable bonds is 8. The minimum atomic E-state index is -0.534. The Bertz CT molecular complexity index is 1490. The van der Waals surface area contributed by atoms with Crippen molar-refractivity contribution < 1.29 is 14.3 Å². The molecule has 0 bridgehead atoms. The molecule has 0 aliphatic heterocycles. The van der Waals surface area contributed by atoms with Crippen molar-refractivity contribution in [1.82, 2.24) is 15.3 Å². The lowest BCUT2D eigenvalue weighted by Crippen LogP contribution is -2.17. The van der Waals surface area contributed by atoms with E-state index < -0.39 is 5.91 Å². The first-order valence-electron chi connectivity index (χ1n) is 11.2. The van der Waals surface area contributed by atoms with Gasteiger partial charge >= 0.3 is 0 Å². The largest absolute Gasteiger partial charge is 0.495 e. The van der Waals surface area contributed by atoms with Crippen LogP contribution in [0.4, 0.5) is 22.5 Å². The normalized spacial score (nSPS) is 10.6. The number of aryl methyl sites for hydroxylation is 2. The highest BCUT2D eigenvalue weighted by Gasteiger charge is 2.17. The van der Waals surface area contributed by atoms with Gasteiger partial charge in [0.05, 0.1) is 24.6 Å². The monoisotopic (exact) mass is 536 g/mol. The van der Waals surface area contributed by atoms with Crippen LogP contribution in [0.15, 0.2) is 48.0 Å². The molecule has 2 aromatic heterocycles. The van der Waals surface area contributed by atoms with Crippen LogP contribution < -0.4 is 26.4 Å². The Labute approximate surface area is 223 Å². The molecule has 0 saturated carbocycles. The molecule has 11 heteroatoms. The first-order valence-corrected chi connectivity index (χ1v) is 12.4. The average Bonchev–Trinajstić information content (AvgIpc) is 3.25. The van der Waals surface area contributed by atoms with E-state index in [2.05, 4.69) is 25.9 Å². The standard InChI is InChI=1S/C26H25ClN6O3S/c1-13-9-19(20(36-4)10-17(13)15-5-7-16(8-6-15)24(35)29-3)31-26-30-11-18(27)23(33-26)32-25-21(22(28)34)14(2)12-37-25/h5-12H,1-4H3,(H2,28,34)(H,29,35)(H2,30,31,32,33). The Kier molecular flexibility index (Phi) is 7.61. The molecule has 2 aromatic carbocycles. The number of aromatic nitrogens is 2. The minimum Gasteiger partial charge on any atom is -0.495 e. The van der Waals surface area contributed by atoms with E-state index in [9.17, 15) is 9.59 Å². The fourth-order valence-corrected chi connectivity index (χ4v) is 4.88. The molecule has 0 spiro atoms. The van der Waals surface area contributed by atoms with E-state index in [1.54, 1.807) is 26.3 Å². The number of nitrogens with two attached hydrogens (primary N) is 1. The molecular weight excluding hydrogens is 512 g/mol. The number of ether oxygens (including phenoxy) is 1. The minimum absolute atomic E-state index is 0.141. The third-order valence-electron chi connectivity index (χ3n) is 5.68. The first kappa shape index (κ1) is 25.9. The Morgan fingerprint density at radius 3 is 2.46 bits per heavy atom. The highest BCUT2D eigenvalue weighted by Crippen LogP contribution is 2.36. The van der Waals surface area contributed by atoms with Crippen molar-refractivity contribution in [1.29, 1.82) is 0 Å². The predicted molar refractivity (Wildman–Crippen MR) is 148 cm³/mol. The van der Waals surface area contributed by atoms with E-state index in [-0.39, 0.29) is 16.9 Å². The number of carbonyl (C=O) groups excluding carboxylic acids is 2. The van der Waals surface area contributed by atoms with E-state index in [0.717, 1.165) is 22.3 Å². The molecule has 2 amide bonds. The topological polar surface area (TPSA) is 131 Å². The molecule has 0 fully saturated rings. The van der Waals surface area contributed by atoms with Crippen molar-refractivity contribution in [3.8, 4) is 16.9 Å². The maximum Gasteiger partial charge on any atom is 0.251 e. The quantitative estimate of drug-likeness (QED) is 0.236. The van der Waals surface area contributed by atoms with Gasteiger partial charge in [0.1, 0.15) is 15.8 Å². The number of carbonyl (C=O) groups is 2. The molecule has 0 atom stereocenters. The number of amides is 2. The van der Waals surface area contributed by atoms with Crippen molar-refractivity contribution in [3.63, 3.8) is 0 Å². The summed E-state index contributed by atoms with van der Waals surface area (Å²) in [4.78, 5) is 32.5. The smallest absolute Gasteiger partial charge is 0.251 e. The van der Waals surface area contributed by atoms with E-state index in [1.165, 1.54) is 17.5 Å². The predicted octanol–water partition coefficient (Wildman–Crippen LogP) is 5.43. The van der Waals surface area contributed by atoms with E-state index in [4.69, 9.17) is 22.1 Å². The van der Waals surface area contributed by atoms with Crippen molar-refractivity contribution in [3.05, 3.63) is 75.3 Å². The highest BCUT2D eigenvalue weighted by molar-refractivity contribution is 7.14. The summed E-state index contributed by atoms with van der Waals surface area (Å²) in [6, 6.07) is 11.2. The van der Waals surface area contributed by atoms with E-state index in [0.29, 0.717) is 33.4 Å². The molecule has 190 valence electrons. The molecule has 0 aliphatic carbocycles. The van der Waals surface area contributed by atoms with Gasteiger partial charge in [0.15, 0.2) is 5.82 Å². The summed E-state index contributed by atoms with van der Waals surface area (Å²) in [5.74, 6) is 0.507. The van der Waals surface area contributed by atoms with Gasteiger partial charge in [-0.05, 0) is 65.7 Å². The lowest BCUT2D eigenvalue weighted by atomic mass is 9.98. The Balaban J connectivity index is 1.62. The lowest BCUT2D eigenvalue weighted by Gasteiger charge is -2.16. The van der Waals surface area contributed by atoms with Gasteiger partial charge in [-0.25, -0.2) is 4.98 Å². The Morgan fingerprint density at radius 2 is 1.81 bits per heavy atom. The number of anilines is 4. The van der Waals surface area contributed by atoms with Gasteiger partial charge in [-0.1, -0.05) is 23.7 Å². The molecule has 37 heavy (non-hydrogen) atoms. The van der Waals surface area contributed by atoms with Crippen molar-refractivity contribution >= 4 is 57.2 Å². The molecule has 0 saturated heterocycles. The number of hydrogen-bond acceptors (Lipinski definition) is 8. The molecule has 0 unspecified atom stereocenters. The average molecular weight is 537 g/mol. The molecule has 0 radical (unpaired) electrons. The number of thiophene rings is 1. The summed E-state index contributed by atoms with van der Waals surface area (Å²) in [6.07, 6.45) is 1.46. The van der Waals surface area contributed by atoms with Gasteiger partial charge in [-0.2, -0.15) is 4.98 Å². The summed E-state index contributed by atoms with van der Waals surface area (Å²) in [6.45, 7) is 3.79. The SMILES string of the molecule is CNC(=O)c1ccc(-c2cc(OC)c(Nc3ncc(Cl)c(Nc4scc(C)c4C(N)=O)n3)cc2C)cc1. The van der Waals surface area contributed by atoms with Crippen molar-refractivity contribution in [2.24, 2.45) is 5.73 Å². The molecule has 9 nitrogen and oxygen atoms in total. The highest BCUT2D eigenvalue weighted by atomic mass is 35.5.